The van der Waals surface area contributed by atoms with Crippen molar-refractivity contribution in [2.45, 2.75) is 25.8 Å². The molecule has 1 aromatic rings. The van der Waals surface area contributed by atoms with Crippen molar-refractivity contribution in [2.24, 2.45) is 5.73 Å². The van der Waals surface area contributed by atoms with Crippen molar-refractivity contribution < 1.29 is 14.6 Å². The van der Waals surface area contributed by atoms with E-state index in [1.807, 2.05) is 6.92 Å². The zero-order chi connectivity index (χ0) is 14.6. The van der Waals surface area contributed by atoms with Gasteiger partial charge < -0.3 is 10.5 Å². The van der Waals surface area contributed by atoms with Crippen molar-refractivity contribution in [2.75, 3.05) is 6.61 Å². The van der Waals surface area contributed by atoms with Crippen molar-refractivity contribution in [3.63, 3.8) is 0 Å². The lowest BCUT2D eigenvalue weighted by molar-refractivity contribution is -0.394. The molecule has 0 aliphatic carbocycles. The standard InChI is InChI=1S/C11H15N3O5/c1-3-11(2,12)7-19-10-5-4-8(13(15)16)6-9(10)14(17)18/h4-6H,3,7,12H2,1-2H3. The number of hydrogen-bond donors (Lipinski definition) is 1. The minimum Gasteiger partial charge on any atom is -0.485 e. The summed E-state index contributed by atoms with van der Waals surface area (Å²) >= 11 is 0. The molecule has 8 nitrogen and oxygen atoms in total. The van der Waals surface area contributed by atoms with Crippen LogP contribution in [-0.4, -0.2) is 22.0 Å². The molecule has 1 unspecified atom stereocenters. The predicted octanol–water partition coefficient (Wildman–Crippen LogP) is 2.01. The second-order valence-electron chi connectivity index (χ2n) is 4.46. The molecule has 0 saturated heterocycles. The molecular weight excluding hydrogens is 254 g/mol. The molecule has 0 aromatic heterocycles. The molecule has 0 bridgehead atoms. The van der Waals surface area contributed by atoms with Gasteiger partial charge in [0, 0.05) is 11.6 Å². The SMILES string of the molecule is CCC(C)(N)COc1ccc([N+](=O)[O-])cc1[N+](=O)[O-]. The third-order valence-corrected chi connectivity index (χ3v) is 2.72. The highest BCUT2D eigenvalue weighted by Gasteiger charge is 2.23. The number of non-ortho nitro benzene ring substituents is 1. The van der Waals surface area contributed by atoms with Crippen molar-refractivity contribution in [1.82, 2.24) is 0 Å². The maximum absolute atomic E-state index is 10.9. The Balaban J connectivity index is 3.01. The topological polar surface area (TPSA) is 122 Å². The first kappa shape index (κ1) is 14.8. The van der Waals surface area contributed by atoms with Crippen LogP contribution in [0.4, 0.5) is 11.4 Å². The summed E-state index contributed by atoms with van der Waals surface area (Å²) in [5, 5.41) is 21.4. The average molecular weight is 269 g/mol. The highest BCUT2D eigenvalue weighted by atomic mass is 16.6. The Morgan fingerprint density at radius 3 is 2.42 bits per heavy atom. The monoisotopic (exact) mass is 269 g/mol. The van der Waals surface area contributed by atoms with Crippen LogP contribution in [0.25, 0.3) is 0 Å². The van der Waals surface area contributed by atoms with Gasteiger partial charge in [0.15, 0.2) is 5.75 Å². The molecule has 0 aliphatic heterocycles. The quantitative estimate of drug-likeness (QED) is 0.622. The van der Waals surface area contributed by atoms with E-state index in [1.54, 1.807) is 6.92 Å². The van der Waals surface area contributed by atoms with Crippen LogP contribution in [0.15, 0.2) is 18.2 Å². The lowest BCUT2D eigenvalue weighted by Gasteiger charge is -2.22. The molecule has 0 aliphatic rings. The van der Waals surface area contributed by atoms with Gasteiger partial charge in [0.05, 0.1) is 15.9 Å². The van der Waals surface area contributed by atoms with Crippen LogP contribution in [0.1, 0.15) is 20.3 Å². The maximum atomic E-state index is 10.9. The summed E-state index contributed by atoms with van der Waals surface area (Å²) in [6, 6.07) is 3.24. The van der Waals surface area contributed by atoms with Crippen LogP contribution in [0.2, 0.25) is 0 Å². The predicted molar refractivity (Wildman–Crippen MR) is 68.1 cm³/mol. The largest absolute Gasteiger partial charge is 0.485 e. The molecule has 0 saturated carbocycles. The lowest BCUT2D eigenvalue weighted by atomic mass is 10.0. The van der Waals surface area contributed by atoms with Gasteiger partial charge in [0.2, 0.25) is 0 Å². The fourth-order valence-electron chi connectivity index (χ4n) is 1.23. The summed E-state index contributed by atoms with van der Waals surface area (Å²) in [5.41, 5.74) is 4.45. The number of nitro groups is 2. The van der Waals surface area contributed by atoms with Gasteiger partial charge in [-0.05, 0) is 19.4 Å². The minimum absolute atomic E-state index is 0.0271. The first-order valence-corrected chi connectivity index (χ1v) is 5.61. The van der Waals surface area contributed by atoms with Crippen molar-refractivity contribution >= 4 is 11.4 Å². The Bertz CT molecular complexity index is 501. The Kier molecular flexibility index (Phi) is 4.38. The van der Waals surface area contributed by atoms with Gasteiger partial charge in [0.25, 0.3) is 5.69 Å². The van der Waals surface area contributed by atoms with Crippen LogP contribution in [-0.2, 0) is 0 Å². The van der Waals surface area contributed by atoms with Gasteiger partial charge in [-0.1, -0.05) is 6.92 Å². The smallest absolute Gasteiger partial charge is 0.317 e. The first-order chi connectivity index (χ1) is 8.76. The summed E-state index contributed by atoms with van der Waals surface area (Å²) in [4.78, 5) is 20.0. The molecule has 0 radical (unpaired) electrons. The molecule has 1 atom stereocenters. The van der Waals surface area contributed by atoms with E-state index in [1.165, 1.54) is 6.07 Å². The van der Waals surface area contributed by atoms with Crippen LogP contribution in [0, 0.1) is 20.2 Å². The number of nitrogens with zero attached hydrogens (tertiary/aromatic N) is 2. The van der Waals surface area contributed by atoms with E-state index >= 15 is 0 Å². The third kappa shape index (κ3) is 3.88. The second kappa shape index (κ2) is 5.61. The Hall–Kier alpha value is -2.22. The van der Waals surface area contributed by atoms with Gasteiger partial charge in [-0.3, -0.25) is 20.2 Å². The maximum Gasteiger partial charge on any atom is 0.317 e. The van der Waals surface area contributed by atoms with Gasteiger partial charge in [-0.25, -0.2) is 0 Å². The number of nitrogens with two attached hydrogens (primary N) is 1. The molecule has 0 spiro atoms. The minimum atomic E-state index is -0.720. The molecule has 104 valence electrons. The van der Waals surface area contributed by atoms with E-state index in [2.05, 4.69) is 0 Å². The van der Waals surface area contributed by atoms with Crippen molar-refractivity contribution in [1.29, 1.82) is 0 Å². The number of ether oxygens (including phenoxy) is 1. The molecule has 0 heterocycles. The average Bonchev–Trinajstić information content (AvgIpc) is 2.36. The molecule has 2 N–H and O–H groups in total. The number of nitro benzene ring substituents is 2. The van der Waals surface area contributed by atoms with Crippen LogP contribution in [0.5, 0.6) is 5.75 Å². The van der Waals surface area contributed by atoms with Crippen LogP contribution < -0.4 is 10.5 Å². The Morgan fingerprint density at radius 1 is 1.32 bits per heavy atom. The summed E-state index contributed by atoms with van der Waals surface area (Å²) in [7, 11) is 0. The third-order valence-electron chi connectivity index (χ3n) is 2.72. The summed E-state index contributed by atoms with van der Waals surface area (Å²) < 4.78 is 5.30. The van der Waals surface area contributed by atoms with E-state index in [0.717, 1.165) is 12.1 Å². The van der Waals surface area contributed by atoms with Crippen LogP contribution >= 0.6 is 0 Å². The van der Waals surface area contributed by atoms with E-state index in [-0.39, 0.29) is 18.0 Å². The second-order valence-corrected chi connectivity index (χ2v) is 4.46. The van der Waals surface area contributed by atoms with Crippen LogP contribution in [0.3, 0.4) is 0 Å². The number of hydrogen-bond acceptors (Lipinski definition) is 6. The number of benzene rings is 1. The molecule has 0 amide bonds. The van der Waals surface area contributed by atoms with E-state index in [9.17, 15) is 20.2 Å². The van der Waals surface area contributed by atoms with Gasteiger partial charge in [-0.15, -0.1) is 0 Å². The highest BCUT2D eigenvalue weighted by Crippen LogP contribution is 2.31. The van der Waals surface area contributed by atoms with Crippen molar-refractivity contribution in [3.05, 3.63) is 38.4 Å². The molecule has 8 heteroatoms. The molecule has 19 heavy (non-hydrogen) atoms. The fourth-order valence-corrected chi connectivity index (χ4v) is 1.23. The first-order valence-electron chi connectivity index (χ1n) is 5.61. The zero-order valence-electron chi connectivity index (χ0n) is 10.7. The fraction of sp³-hybridized carbons (Fsp3) is 0.455. The molecular formula is C11H15N3O5. The molecule has 1 rings (SSSR count). The Morgan fingerprint density at radius 2 is 1.95 bits per heavy atom. The van der Waals surface area contributed by atoms with Crippen molar-refractivity contribution in [3.8, 4) is 5.75 Å². The molecule has 1 aromatic carbocycles. The van der Waals surface area contributed by atoms with Gasteiger partial charge in [0.1, 0.15) is 6.61 Å². The normalized spacial score (nSPS) is 13.6. The Labute approximate surface area is 109 Å². The van der Waals surface area contributed by atoms with E-state index in [4.69, 9.17) is 10.5 Å². The number of rotatable bonds is 6. The highest BCUT2D eigenvalue weighted by molar-refractivity contribution is 5.53. The zero-order valence-corrected chi connectivity index (χ0v) is 10.7. The molecule has 0 fully saturated rings. The summed E-state index contributed by atoms with van der Waals surface area (Å²) in [5.74, 6) is -0.0271. The lowest BCUT2D eigenvalue weighted by Crippen LogP contribution is -2.41. The summed E-state index contributed by atoms with van der Waals surface area (Å²) in [6.45, 7) is 3.71. The van der Waals surface area contributed by atoms with E-state index in [0.29, 0.717) is 6.42 Å². The van der Waals surface area contributed by atoms with Gasteiger partial charge >= 0.3 is 5.69 Å². The summed E-state index contributed by atoms with van der Waals surface area (Å²) in [6.07, 6.45) is 0.633. The van der Waals surface area contributed by atoms with Gasteiger partial charge in [-0.2, -0.15) is 0 Å². The van der Waals surface area contributed by atoms with E-state index < -0.39 is 21.1 Å².